The Morgan fingerprint density at radius 1 is 1.39 bits per heavy atom. The van der Waals surface area contributed by atoms with Crippen LogP contribution in [0.25, 0.3) is 0 Å². The van der Waals surface area contributed by atoms with Crippen molar-refractivity contribution in [3.63, 3.8) is 0 Å². The highest BCUT2D eigenvalue weighted by molar-refractivity contribution is 5.51. The second-order valence-electron chi connectivity index (χ2n) is 5.42. The molecule has 1 N–H and O–H groups in total. The molecule has 1 aromatic rings. The van der Waals surface area contributed by atoms with Crippen LogP contribution in [0.3, 0.4) is 0 Å². The van der Waals surface area contributed by atoms with Gasteiger partial charge in [-0.25, -0.2) is 0 Å². The number of hydrogen-bond donors (Lipinski definition) is 1. The van der Waals surface area contributed by atoms with Gasteiger partial charge >= 0.3 is 0 Å². The topological polar surface area (TPSA) is 45.0 Å². The highest BCUT2D eigenvalue weighted by Gasteiger charge is 2.26. The lowest BCUT2D eigenvalue weighted by molar-refractivity contribution is 0.0300. The van der Waals surface area contributed by atoms with E-state index in [0.717, 1.165) is 49.4 Å². The van der Waals surface area contributed by atoms with Gasteiger partial charge in [0.25, 0.3) is 0 Å². The molecule has 0 bridgehead atoms. The van der Waals surface area contributed by atoms with Crippen LogP contribution in [0.2, 0.25) is 0 Å². The summed E-state index contributed by atoms with van der Waals surface area (Å²) in [5, 5.41) is 12.4. The molecule has 1 saturated heterocycles. The fraction of sp³-hybridized carbons (Fsp3) is 0.533. The van der Waals surface area contributed by atoms with E-state index in [1.807, 2.05) is 25.1 Å². The molecule has 0 saturated carbocycles. The van der Waals surface area contributed by atoms with Crippen LogP contribution >= 0.6 is 0 Å². The zero-order valence-corrected chi connectivity index (χ0v) is 11.1. The molecular weight excluding hydrogens is 224 g/mol. The van der Waals surface area contributed by atoms with Crippen LogP contribution < -0.4 is 5.32 Å². The highest BCUT2D eigenvalue weighted by Crippen LogP contribution is 2.30. The van der Waals surface area contributed by atoms with Gasteiger partial charge in [0.2, 0.25) is 0 Å². The van der Waals surface area contributed by atoms with E-state index in [4.69, 9.17) is 10.00 Å². The van der Waals surface area contributed by atoms with Gasteiger partial charge in [-0.15, -0.1) is 0 Å². The van der Waals surface area contributed by atoms with Gasteiger partial charge in [0, 0.05) is 25.4 Å². The van der Waals surface area contributed by atoms with Gasteiger partial charge in [-0.2, -0.15) is 5.26 Å². The summed E-state index contributed by atoms with van der Waals surface area (Å²) in [6, 6.07) is 8.09. The number of hydrogen-bond acceptors (Lipinski definition) is 3. The second kappa shape index (κ2) is 5.41. The number of nitrogens with one attached hydrogen (secondary N) is 1. The van der Waals surface area contributed by atoms with Crippen LogP contribution in [0.15, 0.2) is 18.2 Å². The van der Waals surface area contributed by atoms with Gasteiger partial charge in [0.1, 0.15) is 0 Å². The predicted molar refractivity (Wildman–Crippen MR) is 72.5 cm³/mol. The Morgan fingerprint density at radius 3 is 2.72 bits per heavy atom. The molecule has 0 radical (unpaired) electrons. The van der Waals surface area contributed by atoms with Crippen LogP contribution in [0.1, 0.15) is 30.9 Å². The van der Waals surface area contributed by atoms with Crippen LogP contribution in [0.4, 0.5) is 5.69 Å². The van der Waals surface area contributed by atoms with E-state index in [9.17, 15) is 0 Å². The first-order chi connectivity index (χ1) is 8.63. The predicted octanol–water partition coefficient (Wildman–Crippen LogP) is 3.10. The Balaban J connectivity index is 1.98. The first-order valence-electron chi connectivity index (χ1n) is 6.45. The molecule has 0 spiro atoms. The standard InChI is InChI=1S/C15H20N2O/c1-12-9-14(4-3-13(12)10-16)17-11-15(2)5-7-18-8-6-15/h3-4,9,17H,5-8,11H2,1-2H3. The van der Waals surface area contributed by atoms with Gasteiger partial charge in [0.15, 0.2) is 0 Å². The minimum absolute atomic E-state index is 0.319. The molecule has 0 aromatic heterocycles. The summed E-state index contributed by atoms with van der Waals surface area (Å²) in [7, 11) is 0. The first-order valence-corrected chi connectivity index (χ1v) is 6.45. The molecule has 1 aliphatic rings. The average Bonchev–Trinajstić information content (AvgIpc) is 2.38. The molecule has 3 nitrogen and oxygen atoms in total. The lowest BCUT2D eigenvalue weighted by Gasteiger charge is -2.34. The summed E-state index contributed by atoms with van der Waals surface area (Å²) < 4.78 is 5.40. The molecule has 18 heavy (non-hydrogen) atoms. The van der Waals surface area contributed by atoms with Crippen molar-refractivity contribution in [1.29, 1.82) is 5.26 Å². The fourth-order valence-corrected chi connectivity index (χ4v) is 2.26. The van der Waals surface area contributed by atoms with Gasteiger partial charge < -0.3 is 10.1 Å². The molecule has 96 valence electrons. The molecule has 1 fully saturated rings. The summed E-state index contributed by atoms with van der Waals surface area (Å²) in [6.07, 6.45) is 2.21. The van der Waals surface area contributed by atoms with Crippen molar-refractivity contribution in [2.75, 3.05) is 25.1 Å². The molecule has 0 aliphatic carbocycles. The molecular formula is C15H20N2O. The Bertz CT molecular complexity index is 456. The zero-order chi connectivity index (χ0) is 13.0. The summed E-state index contributed by atoms with van der Waals surface area (Å²) >= 11 is 0. The zero-order valence-electron chi connectivity index (χ0n) is 11.1. The van der Waals surface area contributed by atoms with Crippen molar-refractivity contribution in [2.45, 2.75) is 26.7 Å². The molecule has 2 rings (SSSR count). The maximum Gasteiger partial charge on any atom is 0.0994 e. The Labute approximate surface area is 109 Å². The van der Waals surface area contributed by atoms with E-state index in [-0.39, 0.29) is 0 Å². The van der Waals surface area contributed by atoms with Crippen LogP contribution in [-0.4, -0.2) is 19.8 Å². The maximum atomic E-state index is 8.90. The number of aryl methyl sites for hydroxylation is 1. The van der Waals surface area contributed by atoms with Crippen molar-refractivity contribution >= 4 is 5.69 Å². The van der Waals surface area contributed by atoms with Crippen molar-refractivity contribution in [2.24, 2.45) is 5.41 Å². The molecule has 0 atom stereocenters. The van der Waals surface area contributed by atoms with E-state index in [0.29, 0.717) is 5.41 Å². The molecule has 1 aromatic carbocycles. The van der Waals surface area contributed by atoms with E-state index in [2.05, 4.69) is 18.3 Å². The molecule has 3 heteroatoms. The summed E-state index contributed by atoms with van der Waals surface area (Å²) in [6.45, 7) is 6.97. The van der Waals surface area contributed by atoms with E-state index in [1.165, 1.54) is 0 Å². The van der Waals surface area contributed by atoms with Crippen LogP contribution in [0.5, 0.6) is 0 Å². The van der Waals surface area contributed by atoms with Crippen LogP contribution in [0, 0.1) is 23.7 Å². The monoisotopic (exact) mass is 244 g/mol. The number of nitrogens with zero attached hydrogens (tertiary/aromatic N) is 1. The third-order valence-electron chi connectivity index (χ3n) is 3.77. The Morgan fingerprint density at radius 2 is 2.11 bits per heavy atom. The number of nitriles is 1. The van der Waals surface area contributed by atoms with E-state index in [1.54, 1.807) is 0 Å². The van der Waals surface area contributed by atoms with Gasteiger partial charge in [-0.1, -0.05) is 6.92 Å². The number of anilines is 1. The molecule has 1 heterocycles. The van der Waals surface area contributed by atoms with E-state index >= 15 is 0 Å². The van der Waals surface area contributed by atoms with Crippen molar-refractivity contribution in [3.8, 4) is 6.07 Å². The normalized spacial score (nSPS) is 18.1. The number of benzene rings is 1. The fourth-order valence-electron chi connectivity index (χ4n) is 2.26. The smallest absolute Gasteiger partial charge is 0.0994 e. The highest BCUT2D eigenvalue weighted by atomic mass is 16.5. The molecule has 0 unspecified atom stereocenters. The van der Waals surface area contributed by atoms with Crippen molar-refractivity contribution in [3.05, 3.63) is 29.3 Å². The Kier molecular flexibility index (Phi) is 3.88. The molecule has 0 amide bonds. The second-order valence-corrected chi connectivity index (χ2v) is 5.42. The number of rotatable bonds is 3. The number of ether oxygens (including phenoxy) is 1. The van der Waals surface area contributed by atoms with Crippen LogP contribution in [-0.2, 0) is 4.74 Å². The SMILES string of the molecule is Cc1cc(NCC2(C)CCOCC2)ccc1C#N. The lowest BCUT2D eigenvalue weighted by atomic mass is 9.82. The Hall–Kier alpha value is -1.53. The van der Waals surface area contributed by atoms with Gasteiger partial charge in [-0.3, -0.25) is 0 Å². The summed E-state index contributed by atoms with van der Waals surface area (Å²) in [5.41, 5.74) is 3.19. The average molecular weight is 244 g/mol. The summed E-state index contributed by atoms with van der Waals surface area (Å²) in [4.78, 5) is 0. The quantitative estimate of drug-likeness (QED) is 0.888. The van der Waals surface area contributed by atoms with Gasteiger partial charge in [0.05, 0.1) is 11.6 Å². The molecule has 1 aliphatic heterocycles. The maximum absolute atomic E-state index is 8.90. The van der Waals surface area contributed by atoms with Crippen molar-refractivity contribution in [1.82, 2.24) is 0 Å². The van der Waals surface area contributed by atoms with Crippen molar-refractivity contribution < 1.29 is 4.74 Å². The summed E-state index contributed by atoms with van der Waals surface area (Å²) in [5.74, 6) is 0. The van der Waals surface area contributed by atoms with E-state index < -0.39 is 0 Å². The minimum Gasteiger partial charge on any atom is -0.384 e. The minimum atomic E-state index is 0.319. The lowest BCUT2D eigenvalue weighted by Crippen LogP contribution is -2.33. The third kappa shape index (κ3) is 3.02. The largest absolute Gasteiger partial charge is 0.384 e. The van der Waals surface area contributed by atoms with Gasteiger partial charge in [-0.05, 0) is 48.9 Å². The third-order valence-corrected chi connectivity index (χ3v) is 3.77. The first kappa shape index (κ1) is 12.9.